The molecule has 5 rings (SSSR count). The lowest BCUT2D eigenvalue weighted by Gasteiger charge is -2.36. The molecule has 0 radical (unpaired) electrons. The standard InChI is InChI=1S/C22H21N3O5/c26-19(17-11-15-3-1-2-4-18(15)30-20(17)27)25-8-5-22(6-9-25)12-16(29-21(22)28)13-24-10-7-23-14-24/h1-4,7,10-11,14,16H,5-6,8-9,12-13H2. The van der Waals surface area contributed by atoms with Crippen LogP contribution in [0.2, 0.25) is 0 Å². The van der Waals surface area contributed by atoms with Crippen LogP contribution in [-0.4, -0.2) is 45.5 Å². The number of fused-ring (bicyclic) bond motifs is 1. The van der Waals surface area contributed by atoms with Crippen LogP contribution in [0, 0.1) is 5.41 Å². The van der Waals surface area contributed by atoms with Crippen molar-refractivity contribution in [2.24, 2.45) is 5.41 Å². The Morgan fingerprint density at radius 3 is 2.77 bits per heavy atom. The molecule has 1 aromatic carbocycles. The van der Waals surface area contributed by atoms with Crippen molar-refractivity contribution < 1.29 is 18.7 Å². The fraction of sp³-hybridized carbons (Fsp3) is 0.364. The van der Waals surface area contributed by atoms with Crippen molar-refractivity contribution >= 4 is 22.8 Å². The molecule has 8 heteroatoms. The summed E-state index contributed by atoms with van der Waals surface area (Å²) in [6, 6.07) is 8.68. The van der Waals surface area contributed by atoms with Crippen LogP contribution in [0.3, 0.4) is 0 Å². The summed E-state index contributed by atoms with van der Waals surface area (Å²) in [6.07, 6.45) is 6.73. The number of aromatic nitrogens is 2. The average Bonchev–Trinajstić information content (AvgIpc) is 3.36. The number of nitrogens with zero attached hydrogens (tertiary/aromatic N) is 3. The zero-order valence-electron chi connectivity index (χ0n) is 16.3. The molecule has 30 heavy (non-hydrogen) atoms. The van der Waals surface area contributed by atoms with E-state index in [1.807, 2.05) is 16.8 Å². The summed E-state index contributed by atoms with van der Waals surface area (Å²) in [7, 11) is 0. The molecule has 3 aromatic rings. The van der Waals surface area contributed by atoms with Crippen molar-refractivity contribution in [2.45, 2.75) is 31.9 Å². The Morgan fingerprint density at radius 2 is 2.00 bits per heavy atom. The van der Waals surface area contributed by atoms with Crippen LogP contribution in [0.1, 0.15) is 29.6 Å². The second kappa shape index (κ2) is 7.12. The zero-order chi connectivity index (χ0) is 20.7. The van der Waals surface area contributed by atoms with Gasteiger partial charge in [0.25, 0.3) is 5.91 Å². The lowest BCUT2D eigenvalue weighted by Crippen LogP contribution is -2.46. The van der Waals surface area contributed by atoms with E-state index in [2.05, 4.69) is 4.98 Å². The van der Waals surface area contributed by atoms with Gasteiger partial charge in [-0.1, -0.05) is 18.2 Å². The molecular formula is C22H21N3O5. The molecule has 2 aliphatic heterocycles. The van der Waals surface area contributed by atoms with Gasteiger partial charge in [-0.2, -0.15) is 0 Å². The minimum atomic E-state index is -0.639. The molecule has 2 fully saturated rings. The van der Waals surface area contributed by atoms with Crippen LogP contribution >= 0.6 is 0 Å². The molecule has 4 heterocycles. The van der Waals surface area contributed by atoms with Gasteiger partial charge in [0.2, 0.25) is 0 Å². The summed E-state index contributed by atoms with van der Waals surface area (Å²) in [5.41, 5.74) is -0.721. The molecule has 2 aliphatic rings. The number of hydrogen-bond donors (Lipinski definition) is 0. The van der Waals surface area contributed by atoms with E-state index in [4.69, 9.17) is 9.15 Å². The quantitative estimate of drug-likeness (QED) is 0.488. The van der Waals surface area contributed by atoms with Gasteiger partial charge in [0.15, 0.2) is 0 Å². The molecule has 8 nitrogen and oxygen atoms in total. The third-order valence-electron chi connectivity index (χ3n) is 6.18. The maximum atomic E-state index is 13.0. The highest BCUT2D eigenvalue weighted by Gasteiger charge is 2.51. The Bertz CT molecular complexity index is 1160. The number of carbonyl (C=O) groups excluding carboxylic acids is 2. The van der Waals surface area contributed by atoms with E-state index in [1.54, 1.807) is 41.7 Å². The number of ether oxygens (including phenoxy) is 1. The first-order valence-electron chi connectivity index (χ1n) is 10.0. The fourth-order valence-corrected chi connectivity index (χ4v) is 4.50. The Labute approximate surface area is 172 Å². The van der Waals surface area contributed by atoms with E-state index >= 15 is 0 Å². The van der Waals surface area contributed by atoms with Crippen LogP contribution in [0.25, 0.3) is 11.0 Å². The van der Waals surface area contributed by atoms with Crippen molar-refractivity contribution in [3.05, 3.63) is 65.0 Å². The van der Waals surface area contributed by atoms with Crippen LogP contribution < -0.4 is 5.63 Å². The first kappa shape index (κ1) is 18.6. The largest absolute Gasteiger partial charge is 0.460 e. The summed E-state index contributed by atoms with van der Waals surface area (Å²) in [4.78, 5) is 43.5. The second-order valence-corrected chi connectivity index (χ2v) is 8.05. The minimum Gasteiger partial charge on any atom is -0.460 e. The molecule has 0 aliphatic carbocycles. The molecule has 1 atom stereocenters. The summed E-state index contributed by atoms with van der Waals surface area (Å²) >= 11 is 0. The molecule has 1 spiro atoms. The summed E-state index contributed by atoms with van der Waals surface area (Å²) in [5.74, 6) is -0.546. The molecule has 1 amide bonds. The highest BCUT2D eigenvalue weighted by molar-refractivity contribution is 5.96. The number of likely N-dealkylation sites (tertiary alicyclic amines) is 1. The number of esters is 1. The van der Waals surface area contributed by atoms with Crippen molar-refractivity contribution in [1.29, 1.82) is 0 Å². The number of benzene rings is 1. The third kappa shape index (κ3) is 3.18. The first-order chi connectivity index (χ1) is 14.5. The molecule has 154 valence electrons. The van der Waals surface area contributed by atoms with Crippen LogP contribution in [0.5, 0.6) is 0 Å². The van der Waals surface area contributed by atoms with Crippen molar-refractivity contribution in [2.75, 3.05) is 13.1 Å². The van der Waals surface area contributed by atoms with Gasteiger partial charge in [-0.25, -0.2) is 9.78 Å². The third-order valence-corrected chi connectivity index (χ3v) is 6.18. The number of amides is 1. The predicted molar refractivity (Wildman–Crippen MR) is 107 cm³/mol. The lowest BCUT2D eigenvalue weighted by atomic mass is 9.76. The number of carbonyl (C=O) groups is 2. The van der Waals surface area contributed by atoms with Crippen LogP contribution in [-0.2, 0) is 16.1 Å². The van der Waals surface area contributed by atoms with E-state index in [0.717, 1.165) is 0 Å². The van der Waals surface area contributed by atoms with Crippen molar-refractivity contribution in [1.82, 2.24) is 14.5 Å². The van der Waals surface area contributed by atoms with Crippen LogP contribution in [0.4, 0.5) is 0 Å². The van der Waals surface area contributed by atoms with E-state index in [1.165, 1.54) is 0 Å². The SMILES string of the molecule is O=C(c1cc2ccccc2oc1=O)N1CCC2(CC1)CC(Cn1ccnc1)OC2=O. The zero-order valence-corrected chi connectivity index (χ0v) is 16.3. The van der Waals surface area contributed by atoms with Gasteiger partial charge in [-0.3, -0.25) is 9.59 Å². The Hall–Kier alpha value is -3.42. The second-order valence-electron chi connectivity index (χ2n) is 8.05. The lowest BCUT2D eigenvalue weighted by molar-refractivity contribution is -0.150. The van der Waals surface area contributed by atoms with Gasteiger partial charge < -0.3 is 18.6 Å². The smallest absolute Gasteiger partial charge is 0.349 e. The van der Waals surface area contributed by atoms with E-state index in [0.29, 0.717) is 49.9 Å². The normalized spacial score (nSPS) is 20.6. The molecule has 2 aromatic heterocycles. The van der Waals surface area contributed by atoms with E-state index in [-0.39, 0.29) is 23.5 Å². The number of hydrogen-bond acceptors (Lipinski definition) is 6. The maximum Gasteiger partial charge on any atom is 0.349 e. The Balaban J connectivity index is 1.29. The monoisotopic (exact) mass is 407 g/mol. The van der Waals surface area contributed by atoms with Gasteiger partial charge in [-0.05, 0) is 25.0 Å². The number of rotatable bonds is 3. The highest BCUT2D eigenvalue weighted by atomic mass is 16.6. The number of piperidine rings is 1. The molecular weight excluding hydrogens is 386 g/mol. The van der Waals surface area contributed by atoms with Crippen molar-refractivity contribution in [3.63, 3.8) is 0 Å². The van der Waals surface area contributed by atoms with Gasteiger partial charge in [-0.15, -0.1) is 0 Å². The summed E-state index contributed by atoms with van der Waals surface area (Å²) in [5, 5.41) is 0.704. The van der Waals surface area contributed by atoms with Crippen LogP contribution in [0.15, 0.2) is 58.3 Å². The van der Waals surface area contributed by atoms with E-state index in [9.17, 15) is 14.4 Å². The summed E-state index contributed by atoms with van der Waals surface area (Å²) < 4.78 is 12.8. The maximum absolute atomic E-state index is 13.0. The first-order valence-corrected chi connectivity index (χ1v) is 10.0. The van der Waals surface area contributed by atoms with Gasteiger partial charge >= 0.3 is 11.6 Å². The highest BCUT2D eigenvalue weighted by Crippen LogP contribution is 2.43. The van der Waals surface area contributed by atoms with Gasteiger partial charge in [0.1, 0.15) is 17.3 Å². The van der Waals surface area contributed by atoms with E-state index < -0.39 is 11.0 Å². The molecule has 0 saturated carbocycles. The number of imidazole rings is 1. The Kier molecular flexibility index (Phi) is 4.42. The Morgan fingerprint density at radius 1 is 1.20 bits per heavy atom. The van der Waals surface area contributed by atoms with Gasteiger partial charge in [0, 0.05) is 37.3 Å². The summed E-state index contributed by atoms with van der Waals surface area (Å²) in [6.45, 7) is 1.38. The number of para-hydroxylation sites is 1. The predicted octanol–water partition coefficient (Wildman–Crippen LogP) is 2.23. The minimum absolute atomic E-state index is 0.0247. The molecule has 0 N–H and O–H groups in total. The topological polar surface area (TPSA) is 94.6 Å². The molecule has 1 unspecified atom stereocenters. The van der Waals surface area contributed by atoms with Gasteiger partial charge in [0.05, 0.1) is 18.3 Å². The average molecular weight is 407 g/mol. The van der Waals surface area contributed by atoms with Crippen molar-refractivity contribution in [3.8, 4) is 0 Å². The number of cyclic esters (lactones) is 1. The molecule has 2 saturated heterocycles. The fourth-order valence-electron chi connectivity index (χ4n) is 4.50. The molecule has 0 bridgehead atoms.